The number of benzene rings is 2. The van der Waals surface area contributed by atoms with Gasteiger partial charge in [0.15, 0.2) is 11.5 Å². The Bertz CT molecular complexity index is 1460. The molecular formula is C22H15FN4O5S. The maximum atomic E-state index is 13.3. The van der Waals surface area contributed by atoms with Crippen LogP contribution in [-0.4, -0.2) is 44.2 Å². The zero-order chi connectivity index (χ0) is 23.6. The Balaban J connectivity index is 1.84. The Kier molecular flexibility index (Phi) is 5.71. The van der Waals surface area contributed by atoms with E-state index in [2.05, 4.69) is 15.2 Å². The molecule has 2 heterocycles. The van der Waals surface area contributed by atoms with Gasteiger partial charge in [0.1, 0.15) is 17.8 Å². The normalized spacial score (nSPS) is 12.0. The molecule has 0 aliphatic heterocycles. The second-order valence-electron chi connectivity index (χ2n) is 6.78. The summed E-state index contributed by atoms with van der Waals surface area (Å²) < 4.78 is 40.4. The number of nitrogens with zero attached hydrogens (tertiary/aromatic N) is 3. The summed E-state index contributed by atoms with van der Waals surface area (Å²) in [7, 11) is -4.39. The first-order valence-corrected chi connectivity index (χ1v) is 10.9. The Labute approximate surface area is 186 Å². The third-order valence-corrected chi connectivity index (χ3v) is 6.31. The zero-order valence-electron chi connectivity index (χ0n) is 16.7. The largest absolute Gasteiger partial charge is 0.504 e. The smallest absolute Gasteiger partial charge is 0.268 e. The van der Waals surface area contributed by atoms with Gasteiger partial charge in [0, 0.05) is 23.4 Å². The van der Waals surface area contributed by atoms with Crippen LogP contribution in [0.15, 0.2) is 84.2 Å². The molecule has 0 atom stereocenters. The van der Waals surface area contributed by atoms with Crippen LogP contribution in [0.5, 0.6) is 0 Å². The number of ketones is 2. The molecule has 4 rings (SSSR count). The second-order valence-corrected chi connectivity index (χ2v) is 8.60. The van der Waals surface area contributed by atoms with Gasteiger partial charge in [-0.2, -0.15) is 5.10 Å². The van der Waals surface area contributed by atoms with Crippen LogP contribution in [0.2, 0.25) is 0 Å². The molecule has 0 radical (unpaired) electrons. The summed E-state index contributed by atoms with van der Waals surface area (Å²) in [4.78, 5) is 29.2. The lowest BCUT2D eigenvalue weighted by Crippen LogP contribution is -2.17. The SMILES string of the molecule is O=C(c1ccccc1)c1cc(C(=O)C=C(O)c2nc[nH]n2)n(S(=O)(=O)c2ccc(F)cc2)c1. The summed E-state index contributed by atoms with van der Waals surface area (Å²) in [5.41, 5.74) is -0.200. The van der Waals surface area contributed by atoms with Gasteiger partial charge in [-0.15, -0.1) is 0 Å². The molecule has 33 heavy (non-hydrogen) atoms. The standard InChI is InChI=1S/C22H15FN4O5S/c23-16-6-8-17(9-7-16)33(31,32)27-12-15(21(30)14-4-2-1-3-5-14)10-18(27)19(28)11-20(29)22-24-13-25-26-22/h1-13,29H,(H,24,25,26). The van der Waals surface area contributed by atoms with E-state index in [1.54, 1.807) is 30.3 Å². The van der Waals surface area contributed by atoms with E-state index in [1.807, 2.05) is 0 Å². The highest BCUT2D eigenvalue weighted by molar-refractivity contribution is 7.90. The van der Waals surface area contributed by atoms with Gasteiger partial charge in [-0.1, -0.05) is 30.3 Å². The molecule has 0 fully saturated rings. The van der Waals surface area contributed by atoms with E-state index in [1.165, 1.54) is 6.33 Å². The van der Waals surface area contributed by atoms with Crippen molar-refractivity contribution in [3.05, 3.63) is 108 Å². The average Bonchev–Trinajstić information content (AvgIpc) is 3.50. The van der Waals surface area contributed by atoms with Gasteiger partial charge in [0.05, 0.1) is 4.90 Å². The third kappa shape index (κ3) is 4.34. The van der Waals surface area contributed by atoms with E-state index in [4.69, 9.17) is 0 Å². The van der Waals surface area contributed by atoms with Crippen LogP contribution < -0.4 is 0 Å². The molecule has 166 valence electrons. The van der Waals surface area contributed by atoms with Crippen molar-refractivity contribution in [1.29, 1.82) is 0 Å². The number of carbonyl (C=O) groups is 2. The van der Waals surface area contributed by atoms with Gasteiger partial charge < -0.3 is 5.11 Å². The lowest BCUT2D eigenvalue weighted by Gasteiger charge is -2.09. The topological polar surface area (TPSA) is 135 Å². The highest BCUT2D eigenvalue weighted by atomic mass is 32.2. The number of aromatic amines is 1. The molecule has 0 saturated carbocycles. The van der Waals surface area contributed by atoms with Crippen molar-refractivity contribution in [2.75, 3.05) is 0 Å². The van der Waals surface area contributed by atoms with Crippen LogP contribution in [-0.2, 0) is 10.0 Å². The van der Waals surface area contributed by atoms with Crippen LogP contribution in [0.1, 0.15) is 32.2 Å². The van der Waals surface area contributed by atoms with Gasteiger partial charge in [-0.3, -0.25) is 14.7 Å². The van der Waals surface area contributed by atoms with Crippen molar-refractivity contribution in [3.8, 4) is 0 Å². The molecule has 0 unspecified atom stereocenters. The van der Waals surface area contributed by atoms with Crippen molar-refractivity contribution in [2.45, 2.75) is 4.90 Å². The molecule has 0 amide bonds. The first-order chi connectivity index (χ1) is 15.8. The van der Waals surface area contributed by atoms with Crippen LogP contribution >= 0.6 is 0 Å². The molecule has 0 spiro atoms. The van der Waals surface area contributed by atoms with Gasteiger partial charge in [-0.25, -0.2) is 21.8 Å². The maximum Gasteiger partial charge on any atom is 0.268 e. The molecule has 9 nitrogen and oxygen atoms in total. The summed E-state index contributed by atoms with van der Waals surface area (Å²) in [5, 5.41) is 16.1. The molecule has 0 bridgehead atoms. The van der Waals surface area contributed by atoms with Gasteiger partial charge in [0.25, 0.3) is 10.0 Å². The molecule has 2 aromatic heterocycles. The number of nitrogens with one attached hydrogen (secondary N) is 1. The number of carbonyl (C=O) groups excluding carboxylic acids is 2. The van der Waals surface area contributed by atoms with E-state index in [-0.39, 0.29) is 21.8 Å². The predicted molar refractivity (Wildman–Crippen MR) is 115 cm³/mol. The number of hydrogen-bond acceptors (Lipinski definition) is 7. The molecular weight excluding hydrogens is 451 g/mol. The van der Waals surface area contributed by atoms with Crippen LogP contribution in [0, 0.1) is 5.82 Å². The fourth-order valence-electron chi connectivity index (χ4n) is 3.02. The summed E-state index contributed by atoms with van der Waals surface area (Å²) in [5.74, 6) is -2.86. The Morgan fingerprint density at radius 3 is 2.36 bits per heavy atom. The average molecular weight is 466 g/mol. The van der Waals surface area contributed by atoms with Gasteiger partial charge in [-0.05, 0) is 30.3 Å². The maximum absolute atomic E-state index is 13.3. The van der Waals surface area contributed by atoms with Crippen molar-refractivity contribution < 1.29 is 27.5 Å². The molecule has 0 aliphatic carbocycles. The summed E-state index contributed by atoms with van der Waals surface area (Å²) in [6.07, 6.45) is 2.94. The highest BCUT2D eigenvalue weighted by Gasteiger charge is 2.26. The highest BCUT2D eigenvalue weighted by Crippen LogP contribution is 2.22. The summed E-state index contributed by atoms with van der Waals surface area (Å²) >= 11 is 0. The number of H-pyrrole nitrogens is 1. The number of aromatic nitrogens is 4. The minimum absolute atomic E-state index is 0.0685. The van der Waals surface area contributed by atoms with E-state index in [0.717, 1.165) is 42.6 Å². The van der Waals surface area contributed by atoms with Crippen molar-refractivity contribution in [3.63, 3.8) is 0 Å². The number of allylic oxidation sites excluding steroid dienone is 1. The third-order valence-electron chi connectivity index (χ3n) is 4.62. The minimum atomic E-state index is -4.39. The van der Waals surface area contributed by atoms with Gasteiger partial charge in [0.2, 0.25) is 11.6 Å². The van der Waals surface area contributed by atoms with Crippen molar-refractivity contribution >= 4 is 27.3 Å². The predicted octanol–water partition coefficient (Wildman–Crippen LogP) is 3.00. The molecule has 0 aliphatic rings. The van der Waals surface area contributed by atoms with Gasteiger partial charge >= 0.3 is 0 Å². The van der Waals surface area contributed by atoms with Crippen LogP contribution in [0.4, 0.5) is 4.39 Å². The molecule has 4 aromatic rings. The monoisotopic (exact) mass is 466 g/mol. The molecule has 2 aromatic carbocycles. The Morgan fingerprint density at radius 2 is 1.73 bits per heavy atom. The molecule has 11 heteroatoms. The summed E-state index contributed by atoms with van der Waals surface area (Å²) in [6.45, 7) is 0. The van der Waals surface area contributed by atoms with E-state index >= 15 is 0 Å². The first-order valence-electron chi connectivity index (χ1n) is 9.42. The lowest BCUT2D eigenvalue weighted by molar-refractivity contribution is 0.103. The quantitative estimate of drug-likeness (QED) is 0.243. The number of hydrogen-bond donors (Lipinski definition) is 2. The number of halogens is 1. The fourth-order valence-corrected chi connectivity index (χ4v) is 4.38. The first kappa shape index (κ1) is 21.8. The van der Waals surface area contributed by atoms with E-state index in [9.17, 15) is 27.5 Å². The second kappa shape index (κ2) is 8.63. The number of aliphatic hydroxyl groups is 1. The number of rotatable bonds is 7. The molecule has 2 N–H and O–H groups in total. The summed E-state index contributed by atoms with van der Waals surface area (Å²) in [6, 6.07) is 13.2. The zero-order valence-corrected chi connectivity index (χ0v) is 17.5. The Morgan fingerprint density at radius 1 is 1.03 bits per heavy atom. The minimum Gasteiger partial charge on any atom is -0.504 e. The van der Waals surface area contributed by atoms with E-state index < -0.39 is 38.9 Å². The lowest BCUT2D eigenvalue weighted by atomic mass is 10.1. The van der Waals surface area contributed by atoms with Crippen LogP contribution in [0.25, 0.3) is 5.76 Å². The molecule has 0 saturated heterocycles. The number of aliphatic hydroxyl groups excluding tert-OH is 1. The van der Waals surface area contributed by atoms with Crippen molar-refractivity contribution in [1.82, 2.24) is 19.2 Å². The van der Waals surface area contributed by atoms with Crippen LogP contribution in [0.3, 0.4) is 0 Å². The fraction of sp³-hybridized carbons (Fsp3) is 0. The van der Waals surface area contributed by atoms with E-state index in [0.29, 0.717) is 3.97 Å². The Hall–Kier alpha value is -4.38. The van der Waals surface area contributed by atoms with Crippen molar-refractivity contribution in [2.24, 2.45) is 0 Å².